The Balaban J connectivity index is 2.26. The second-order valence-electron chi connectivity index (χ2n) is 5.48. The molecule has 138 valence electrons. The molecular weight excluding hydrogens is 328 g/mol. The molecule has 25 heavy (non-hydrogen) atoms. The van der Waals surface area contributed by atoms with Crippen LogP contribution in [0.1, 0.15) is 30.6 Å². The number of esters is 1. The number of primary amides is 1. The van der Waals surface area contributed by atoms with Crippen molar-refractivity contribution in [1.82, 2.24) is 5.32 Å². The molecule has 1 aromatic carbocycles. The van der Waals surface area contributed by atoms with Crippen LogP contribution in [0.15, 0.2) is 24.3 Å². The lowest BCUT2D eigenvalue weighted by Gasteiger charge is -2.09. The number of carbonyl (C=O) groups is 3. The number of nitrogens with two attached hydrogens (primary N) is 1. The van der Waals surface area contributed by atoms with Crippen LogP contribution in [0.4, 0.5) is 0 Å². The zero-order valence-electron chi connectivity index (χ0n) is 14.4. The maximum Gasteiger partial charge on any atom is 0.338 e. The van der Waals surface area contributed by atoms with E-state index < -0.39 is 11.9 Å². The molecule has 1 rings (SSSR count). The summed E-state index contributed by atoms with van der Waals surface area (Å²) in [6.07, 6.45) is 0.842. The number of nitrogens with one attached hydrogen (secondary N) is 1. The van der Waals surface area contributed by atoms with E-state index in [2.05, 4.69) is 5.32 Å². The second-order valence-corrected chi connectivity index (χ2v) is 5.48. The molecule has 2 amide bonds. The highest BCUT2D eigenvalue weighted by Gasteiger charge is 2.10. The van der Waals surface area contributed by atoms with Gasteiger partial charge in [-0.1, -0.05) is 0 Å². The zero-order valence-corrected chi connectivity index (χ0v) is 14.4. The van der Waals surface area contributed by atoms with Gasteiger partial charge in [-0.2, -0.15) is 0 Å². The average molecular weight is 352 g/mol. The van der Waals surface area contributed by atoms with E-state index in [0.717, 1.165) is 0 Å². The number of rotatable bonds is 11. The van der Waals surface area contributed by atoms with Crippen molar-refractivity contribution >= 4 is 17.8 Å². The van der Waals surface area contributed by atoms with Gasteiger partial charge in [-0.25, -0.2) is 4.79 Å². The first-order valence-electron chi connectivity index (χ1n) is 7.95. The summed E-state index contributed by atoms with van der Waals surface area (Å²) in [5.41, 5.74) is 5.24. The van der Waals surface area contributed by atoms with Gasteiger partial charge in [0.05, 0.1) is 11.7 Å². The van der Waals surface area contributed by atoms with Gasteiger partial charge in [-0.3, -0.25) is 9.59 Å². The Morgan fingerprint density at radius 2 is 1.80 bits per heavy atom. The summed E-state index contributed by atoms with van der Waals surface area (Å²) in [7, 11) is 0. The van der Waals surface area contributed by atoms with Crippen molar-refractivity contribution in [2.75, 3.05) is 26.4 Å². The Morgan fingerprint density at radius 1 is 1.12 bits per heavy atom. The summed E-state index contributed by atoms with van der Waals surface area (Å²) in [4.78, 5) is 34.0. The van der Waals surface area contributed by atoms with E-state index in [1.54, 1.807) is 0 Å². The smallest absolute Gasteiger partial charge is 0.338 e. The van der Waals surface area contributed by atoms with Crippen LogP contribution in [0.5, 0.6) is 5.75 Å². The summed E-state index contributed by atoms with van der Waals surface area (Å²) in [6.45, 7) is 4.29. The standard InChI is InChI=1S/C17H24N2O6/c1-12(2)23-9-3-8-19-16(21)11-25-17(22)13-4-6-14(7-5-13)24-10-15(18)20/h4-7,12H,3,8-11H2,1-2H3,(H2,18,20)(H,19,21). The normalized spacial score (nSPS) is 10.4. The van der Waals surface area contributed by atoms with Gasteiger partial charge >= 0.3 is 5.97 Å². The van der Waals surface area contributed by atoms with Crippen molar-refractivity contribution in [1.29, 1.82) is 0 Å². The largest absolute Gasteiger partial charge is 0.484 e. The average Bonchev–Trinajstić information content (AvgIpc) is 2.57. The molecule has 8 heteroatoms. The van der Waals surface area contributed by atoms with E-state index in [1.807, 2.05) is 13.8 Å². The fraction of sp³-hybridized carbons (Fsp3) is 0.471. The highest BCUT2D eigenvalue weighted by molar-refractivity contribution is 5.91. The van der Waals surface area contributed by atoms with Crippen LogP contribution in [-0.2, 0) is 19.1 Å². The summed E-state index contributed by atoms with van der Waals surface area (Å²) >= 11 is 0. The number of benzene rings is 1. The molecule has 0 radical (unpaired) electrons. The number of hydrogen-bond donors (Lipinski definition) is 2. The Morgan fingerprint density at radius 3 is 2.40 bits per heavy atom. The van der Waals surface area contributed by atoms with Crippen LogP contribution < -0.4 is 15.8 Å². The molecule has 0 unspecified atom stereocenters. The third-order valence-corrected chi connectivity index (χ3v) is 2.90. The van der Waals surface area contributed by atoms with Crippen molar-refractivity contribution in [3.05, 3.63) is 29.8 Å². The molecule has 0 aromatic heterocycles. The Bertz CT molecular complexity index is 571. The van der Waals surface area contributed by atoms with Gasteiger partial charge in [-0.05, 0) is 44.5 Å². The van der Waals surface area contributed by atoms with Crippen molar-refractivity contribution < 1.29 is 28.6 Å². The quantitative estimate of drug-likeness (QED) is 0.446. The second kappa shape index (κ2) is 11.0. The molecule has 0 atom stereocenters. The fourth-order valence-electron chi connectivity index (χ4n) is 1.73. The minimum atomic E-state index is -0.625. The summed E-state index contributed by atoms with van der Waals surface area (Å²) in [5, 5.41) is 2.64. The molecule has 0 fully saturated rings. The van der Waals surface area contributed by atoms with Crippen LogP contribution in [0, 0.1) is 0 Å². The van der Waals surface area contributed by atoms with Gasteiger partial charge in [0.25, 0.3) is 11.8 Å². The Labute approximate surface area is 146 Å². The lowest BCUT2D eigenvalue weighted by molar-refractivity contribution is -0.124. The van der Waals surface area contributed by atoms with Crippen LogP contribution in [0.3, 0.4) is 0 Å². The van der Waals surface area contributed by atoms with Crippen LogP contribution in [0.2, 0.25) is 0 Å². The third kappa shape index (κ3) is 9.31. The first kappa shape index (κ1) is 20.4. The highest BCUT2D eigenvalue weighted by atomic mass is 16.5. The van der Waals surface area contributed by atoms with Crippen LogP contribution in [0.25, 0.3) is 0 Å². The number of amides is 2. The van der Waals surface area contributed by atoms with Gasteiger partial charge < -0.3 is 25.3 Å². The molecule has 0 bridgehead atoms. The lowest BCUT2D eigenvalue weighted by atomic mass is 10.2. The first-order chi connectivity index (χ1) is 11.9. The van der Waals surface area contributed by atoms with Gasteiger partial charge in [0.15, 0.2) is 13.2 Å². The van der Waals surface area contributed by atoms with Crippen molar-refractivity contribution in [2.45, 2.75) is 26.4 Å². The summed E-state index contributed by atoms with van der Waals surface area (Å²) < 4.78 is 15.4. The van der Waals surface area contributed by atoms with E-state index >= 15 is 0 Å². The molecule has 0 aliphatic heterocycles. The van der Waals surface area contributed by atoms with E-state index in [4.69, 9.17) is 19.9 Å². The van der Waals surface area contributed by atoms with Crippen molar-refractivity contribution in [3.63, 3.8) is 0 Å². The molecule has 0 spiro atoms. The first-order valence-corrected chi connectivity index (χ1v) is 7.95. The zero-order chi connectivity index (χ0) is 18.7. The molecule has 3 N–H and O–H groups in total. The van der Waals surface area contributed by atoms with Crippen molar-refractivity contribution in [3.8, 4) is 5.75 Å². The van der Waals surface area contributed by atoms with E-state index in [1.165, 1.54) is 24.3 Å². The molecule has 0 aliphatic rings. The van der Waals surface area contributed by atoms with Crippen LogP contribution >= 0.6 is 0 Å². The monoisotopic (exact) mass is 352 g/mol. The number of ether oxygens (including phenoxy) is 3. The van der Waals surface area contributed by atoms with Gasteiger partial charge in [0, 0.05) is 13.2 Å². The van der Waals surface area contributed by atoms with E-state index in [0.29, 0.717) is 25.3 Å². The van der Waals surface area contributed by atoms with Crippen molar-refractivity contribution in [2.24, 2.45) is 5.73 Å². The maximum atomic E-state index is 11.8. The van der Waals surface area contributed by atoms with Gasteiger partial charge in [-0.15, -0.1) is 0 Å². The third-order valence-electron chi connectivity index (χ3n) is 2.90. The molecule has 0 aliphatic carbocycles. The summed E-state index contributed by atoms with van der Waals surface area (Å²) in [6, 6.07) is 5.96. The Kier molecular flexibility index (Phi) is 9.02. The highest BCUT2D eigenvalue weighted by Crippen LogP contribution is 2.12. The van der Waals surface area contributed by atoms with Gasteiger partial charge in [0.1, 0.15) is 5.75 Å². The van der Waals surface area contributed by atoms with E-state index in [-0.39, 0.29) is 30.8 Å². The number of hydrogen-bond acceptors (Lipinski definition) is 6. The molecule has 0 saturated heterocycles. The summed E-state index contributed by atoms with van der Waals surface area (Å²) in [5.74, 6) is -1.19. The minimum Gasteiger partial charge on any atom is -0.484 e. The topological polar surface area (TPSA) is 117 Å². The van der Waals surface area contributed by atoms with Gasteiger partial charge in [0.2, 0.25) is 0 Å². The molecule has 1 aromatic rings. The van der Waals surface area contributed by atoms with Crippen LogP contribution in [-0.4, -0.2) is 50.3 Å². The molecule has 8 nitrogen and oxygen atoms in total. The lowest BCUT2D eigenvalue weighted by Crippen LogP contribution is -2.30. The maximum absolute atomic E-state index is 11.8. The predicted molar refractivity (Wildman–Crippen MR) is 90.1 cm³/mol. The fourth-order valence-corrected chi connectivity index (χ4v) is 1.73. The van der Waals surface area contributed by atoms with E-state index in [9.17, 15) is 14.4 Å². The predicted octanol–water partition coefficient (Wildman–Crippen LogP) is 0.639. The minimum absolute atomic E-state index is 0.157. The molecule has 0 saturated carbocycles. The molecule has 0 heterocycles. The Hall–Kier alpha value is -2.61. The molecular formula is C17H24N2O6. The SMILES string of the molecule is CC(C)OCCCNC(=O)COC(=O)c1ccc(OCC(N)=O)cc1. The number of carbonyl (C=O) groups excluding carboxylic acids is 3.